The van der Waals surface area contributed by atoms with Crippen LogP contribution in [0.3, 0.4) is 0 Å². The maximum Gasteiger partial charge on any atom is 0.243 e. The predicted molar refractivity (Wildman–Crippen MR) is 74.5 cm³/mol. The first kappa shape index (κ1) is 12.7. The highest BCUT2D eigenvalue weighted by atomic mass is 79.9. The smallest absolute Gasteiger partial charge is 0.243 e. The molecule has 19 heavy (non-hydrogen) atoms. The van der Waals surface area contributed by atoms with Gasteiger partial charge in [-0.1, -0.05) is 22.0 Å². The van der Waals surface area contributed by atoms with E-state index in [0.29, 0.717) is 12.8 Å². The molecule has 5 heteroatoms. The minimum atomic E-state index is -0.355. The van der Waals surface area contributed by atoms with Crippen molar-refractivity contribution in [2.24, 2.45) is 0 Å². The molecule has 0 bridgehead atoms. The van der Waals surface area contributed by atoms with Crippen LogP contribution in [0.4, 0.5) is 0 Å². The van der Waals surface area contributed by atoms with Crippen LogP contribution in [0.2, 0.25) is 0 Å². The molecule has 100 valence electrons. The summed E-state index contributed by atoms with van der Waals surface area (Å²) >= 11 is 3.46. The second-order valence-electron chi connectivity index (χ2n) is 5.10. The van der Waals surface area contributed by atoms with E-state index in [9.17, 15) is 9.59 Å². The van der Waals surface area contributed by atoms with Gasteiger partial charge in [0.2, 0.25) is 11.8 Å². The molecule has 1 aliphatic heterocycles. The van der Waals surface area contributed by atoms with Gasteiger partial charge < -0.3 is 10.6 Å². The van der Waals surface area contributed by atoms with E-state index in [4.69, 9.17) is 0 Å². The summed E-state index contributed by atoms with van der Waals surface area (Å²) in [6.07, 6.45) is 2.96. The van der Waals surface area contributed by atoms with E-state index in [-0.39, 0.29) is 23.9 Å². The lowest BCUT2D eigenvalue weighted by molar-refractivity contribution is -0.126. The topological polar surface area (TPSA) is 58.2 Å². The SMILES string of the molecule is O=C1CCC(C(=O)NC2CCc3cc(Br)ccc32)N1. The van der Waals surface area contributed by atoms with Crippen LogP contribution in [0.1, 0.15) is 36.4 Å². The molecule has 1 heterocycles. The fraction of sp³-hybridized carbons (Fsp3) is 0.429. The number of fused-ring (bicyclic) bond motifs is 1. The Bertz CT molecular complexity index is 544. The Hall–Kier alpha value is -1.36. The van der Waals surface area contributed by atoms with Crippen LogP contribution in [0.25, 0.3) is 0 Å². The van der Waals surface area contributed by atoms with E-state index in [1.165, 1.54) is 11.1 Å². The molecule has 1 aromatic carbocycles. The number of carbonyl (C=O) groups excluding carboxylic acids is 2. The monoisotopic (exact) mass is 322 g/mol. The summed E-state index contributed by atoms with van der Waals surface area (Å²) < 4.78 is 1.07. The maximum absolute atomic E-state index is 12.1. The Kier molecular flexibility index (Phi) is 3.31. The van der Waals surface area contributed by atoms with Gasteiger partial charge in [-0.2, -0.15) is 0 Å². The minimum Gasteiger partial charge on any atom is -0.347 e. The van der Waals surface area contributed by atoms with Crippen LogP contribution in [-0.4, -0.2) is 17.9 Å². The van der Waals surface area contributed by atoms with Crippen molar-refractivity contribution in [2.45, 2.75) is 37.8 Å². The van der Waals surface area contributed by atoms with Crippen LogP contribution >= 0.6 is 15.9 Å². The van der Waals surface area contributed by atoms with Crippen molar-refractivity contribution in [2.75, 3.05) is 0 Å². The molecule has 1 aliphatic carbocycles. The Balaban J connectivity index is 1.69. The summed E-state index contributed by atoms with van der Waals surface area (Å²) in [5, 5.41) is 5.75. The van der Waals surface area contributed by atoms with E-state index in [0.717, 1.165) is 17.3 Å². The number of aryl methyl sites for hydroxylation is 1. The van der Waals surface area contributed by atoms with Gasteiger partial charge >= 0.3 is 0 Å². The van der Waals surface area contributed by atoms with E-state index in [2.05, 4.69) is 38.7 Å². The van der Waals surface area contributed by atoms with Crippen molar-refractivity contribution >= 4 is 27.7 Å². The largest absolute Gasteiger partial charge is 0.347 e. The zero-order valence-electron chi connectivity index (χ0n) is 10.4. The molecular formula is C14H15BrN2O2. The number of rotatable bonds is 2. The van der Waals surface area contributed by atoms with E-state index >= 15 is 0 Å². The number of hydrogen-bond acceptors (Lipinski definition) is 2. The number of halogens is 1. The number of nitrogens with one attached hydrogen (secondary N) is 2. The summed E-state index contributed by atoms with van der Waals surface area (Å²) in [5.41, 5.74) is 2.48. The highest BCUT2D eigenvalue weighted by Crippen LogP contribution is 2.33. The van der Waals surface area contributed by atoms with Gasteiger partial charge in [-0.3, -0.25) is 9.59 Å². The highest BCUT2D eigenvalue weighted by Gasteiger charge is 2.30. The fourth-order valence-corrected chi connectivity index (χ4v) is 3.23. The zero-order valence-corrected chi connectivity index (χ0v) is 12.0. The molecule has 3 rings (SSSR count). The van der Waals surface area contributed by atoms with Gasteiger partial charge in [0.05, 0.1) is 6.04 Å². The van der Waals surface area contributed by atoms with Crippen molar-refractivity contribution < 1.29 is 9.59 Å². The Labute approximate surface area is 120 Å². The summed E-state index contributed by atoms with van der Waals surface area (Å²) in [4.78, 5) is 23.2. The van der Waals surface area contributed by atoms with Crippen LogP contribution in [0.15, 0.2) is 22.7 Å². The molecule has 0 aromatic heterocycles. The standard InChI is InChI=1S/C14H15BrN2O2/c15-9-2-3-10-8(7-9)1-4-11(10)17-14(19)12-5-6-13(18)16-12/h2-3,7,11-12H,1,4-6H2,(H,16,18)(H,17,19). The third-order valence-electron chi connectivity index (χ3n) is 3.81. The van der Waals surface area contributed by atoms with E-state index < -0.39 is 0 Å². The van der Waals surface area contributed by atoms with Crippen molar-refractivity contribution in [3.63, 3.8) is 0 Å². The third-order valence-corrected chi connectivity index (χ3v) is 4.30. The Morgan fingerprint density at radius 1 is 1.32 bits per heavy atom. The molecular weight excluding hydrogens is 308 g/mol. The molecule has 0 radical (unpaired) electrons. The summed E-state index contributed by atoms with van der Waals surface area (Å²) in [7, 11) is 0. The van der Waals surface area contributed by atoms with Crippen molar-refractivity contribution in [1.82, 2.24) is 10.6 Å². The first-order chi connectivity index (χ1) is 9.13. The summed E-state index contributed by atoms with van der Waals surface area (Å²) in [5.74, 6) is -0.0949. The summed E-state index contributed by atoms with van der Waals surface area (Å²) in [6, 6.07) is 5.89. The molecule has 1 fully saturated rings. The highest BCUT2D eigenvalue weighted by molar-refractivity contribution is 9.10. The fourth-order valence-electron chi connectivity index (χ4n) is 2.82. The van der Waals surface area contributed by atoms with Gasteiger partial charge in [-0.15, -0.1) is 0 Å². The normalized spacial score (nSPS) is 25.0. The Morgan fingerprint density at radius 3 is 2.89 bits per heavy atom. The van der Waals surface area contributed by atoms with Crippen molar-refractivity contribution in [3.8, 4) is 0 Å². The summed E-state index contributed by atoms with van der Waals surface area (Å²) in [6.45, 7) is 0. The number of carbonyl (C=O) groups is 2. The Morgan fingerprint density at radius 2 is 2.16 bits per heavy atom. The molecule has 4 nitrogen and oxygen atoms in total. The second kappa shape index (κ2) is 4.96. The first-order valence-electron chi connectivity index (χ1n) is 6.51. The molecule has 2 unspecified atom stereocenters. The third kappa shape index (κ3) is 2.52. The van der Waals surface area contributed by atoms with Crippen molar-refractivity contribution in [1.29, 1.82) is 0 Å². The van der Waals surface area contributed by atoms with E-state index in [1.807, 2.05) is 6.07 Å². The molecule has 0 saturated carbocycles. The average Bonchev–Trinajstić information content (AvgIpc) is 2.96. The van der Waals surface area contributed by atoms with Crippen LogP contribution < -0.4 is 10.6 Å². The van der Waals surface area contributed by atoms with Gasteiger partial charge in [-0.25, -0.2) is 0 Å². The molecule has 1 aromatic rings. The number of benzene rings is 1. The quantitative estimate of drug-likeness (QED) is 0.872. The lowest BCUT2D eigenvalue weighted by atomic mass is 10.1. The van der Waals surface area contributed by atoms with Gasteiger partial charge in [-0.05, 0) is 42.5 Å². The lowest BCUT2D eigenvalue weighted by Gasteiger charge is -2.17. The average molecular weight is 323 g/mol. The molecule has 1 saturated heterocycles. The molecule has 2 aliphatic rings. The minimum absolute atomic E-state index is 0.0316. The van der Waals surface area contributed by atoms with Gasteiger partial charge in [0, 0.05) is 10.9 Å². The van der Waals surface area contributed by atoms with Crippen molar-refractivity contribution in [3.05, 3.63) is 33.8 Å². The molecule has 2 atom stereocenters. The van der Waals surface area contributed by atoms with Crippen LogP contribution in [-0.2, 0) is 16.0 Å². The number of hydrogen-bond donors (Lipinski definition) is 2. The molecule has 2 amide bonds. The van der Waals surface area contributed by atoms with Gasteiger partial charge in [0.25, 0.3) is 0 Å². The zero-order chi connectivity index (χ0) is 13.4. The first-order valence-corrected chi connectivity index (χ1v) is 7.31. The van der Waals surface area contributed by atoms with Gasteiger partial charge in [0.15, 0.2) is 0 Å². The van der Waals surface area contributed by atoms with E-state index in [1.54, 1.807) is 0 Å². The molecule has 0 spiro atoms. The lowest BCUT2D eigenvalue weighted by Crippen LogP contribution is -2.42. The second-order valence-corrected chi connectivity index (χ2v) is 6.02. The van der Waals surface area contributed by atoms with Gasteiger partial charge in [0.1, 0.15) is 6.04 Å². The predicted octanol–water partition coefficient (Wildman–Crippen LogP) is 1.83. The molecule has 2 N–H and O–H groups in total. The van der Waals surface area contributed by atoms with Crippen LogP contribution in [0, 0.1) is 0 Å². The maximum atomic E-state index is 12.1. The van der Waals surface area contributed by atoms with Crippen LogP contribution in [0.5, 0.6) is 0 Å². The number of amides is 2.